The summed E-state index contributed by atoms with van der Waals surface area (Å²) in [5, 5.41) is 2.81. The molecule has 0 spiro atoms. The van der Waals surface area contributed by atoms with Gasteiger partial charge >= 0.3 is 12.2 Å². The summed E-state index contributed by atoms with van der Waals surface area (Å²) in [6, 6.07) is -0.0778. The zero-order chi connectivity index (χ0) is 16.0. The van der Waals surface area contributed by atoms with Crippen molar-refractivity contribution in [2.45, 2.75) is 59.1 Å². The molecule has 1 rings (SSSR count). The van der Waals surface area contributed by atoms with E-state index in [2.05, 4.69) is 5.32 Å². The summed E-state index contributed by atoms with van der Waals surface area (Å²) in [7, 11) is 0. The number of carbonyl (C=O) groups excluding carboxylic acids is 2. The Morgan fingerprint density at radius 1 is 1.33 bits per heavy atom. The second-order valence-corrected chi connectivity index (χ2v) is 6.90. The first-order chi connectivity index (χ1) is 9.67. The van der Waals surface area contributed by atoms with Crippen molar-refractivity contribution < 1.29 is 19.1 Å². The highest BCUT2D eigenvalue weighted by atomic mass is 16.6. The smallest absolute Gasteiger partial charge is 0.410 e. The Morgan fingerprint density at radius 3 is 2.57 bits per heavy atom. The first-order valence-electron chi connectivity index (χ1n) is 7.58. The van der Waals surface area contributed by atoms with Crippen LogP contribution in [0.5, 0.6) is 0 Å². The van der Waals surface area contributed by atoms with Crippen LogP contribution in [0.3, 0.4) is 0 Å². The number of alkyl carbamates (subject to hydrolysis) is 1. The number of nitrogens with zero attached hydrogens (tertiary/aromatic N) is 1. The van der Waals surface area contributed by atoms with Gasteiger partial charge in [0.25, 0.3) is 0 Å². The maximum Gasteiger partial charge on any atom is 0.410 e. The zero-order valence-electron chi connectivity index (χ0n) is 13.8. The van der Waals surface area contributed by atoms with E-state index in [-0.39, 0.29) is 12.1 Å². The van der Waals surface area contributed by atoms with E-state index in [1.54, 1.807) is 4.90 Å². The van der Waals surface area contributed by atoms with Crippen molar-refractivity contribution in [3.05, 3.63) is 0 Å². The highest BCUT2D eigenvalue weighted by Crippen LogP contribution is 2.15. The number of carbonyl (C=O) groups is 2. The number of nitrogens with one attached hydrogen (secondary N) is 1. The van der Waals surface area contributed by atoms with Crippen LogP contribution in [0, 0.1) is 5.92 Å². The Morgan fingerprint density at radius 2 is 2.00 bits per heavy atom. The third-order valence-corrected chi connectivity index (χ3v) is 2.94. The minimum atomic E-state index is -0.506. The molecule has 1 fully saturated rings. The van der Waals surface area contributed by atoms with Crippen LogP contribution in [0.4, 0.5) is 9.59 Å². The molecular weight excluding hydrogens is 272 g/mol. The molecule has 0 bridgehead atoms. The summed E-state index contributed by atoms with van der Waals surface area (Å²) >= 11 is 0. The molecule has 21 heavy (non-hydrogen) atoms. The number of amides is 2. The Hall–Kier alpha value is -1.46. The largest absolute Gasteiger partial charge is 0.449 e. The molecule has 122 valence electrons. The van der Waals surface area contributed by atoms with Crippen LogP contribution in [0.2, 0.25) is 0 Å². The summed E-state index contributed by atoms with van der Waals surface area (Å²) in [6.45, 7) is 11.0. The fraction of sp³-hybridized carbons (Fsp3) is 0.867. The molecule has 1 saturated heterocycles. The lowest BCUT2D eigenvalue weighted by Crippen LogP contribution is -2.50. The molecule has 1 atom stereocenters. The standard InChI is InChI=1S/C15H28N2O4/c1-11(2)10-20-13(18)16-12-7-6-8-17(9-12)14(19)21-15(3,4)5/h11-12H,6-10H2,1-5H3,(H,16,18)/t12-/m0/s1. The van der Waals surface area contributed by atoms with Crippen LogP contribution in [0.1, 0.15) is 47.5 Å². The second-order valence-electron chi connectivity index (χ2n) is 6.90. The van der Waals surface area contributed by atoms with Gasteiger partial charge in [-0.2, -0.15) is 0 Å². The van der Waals surface area contributed by atoms with Crippen LogP contribution in [-0.4, -0.2) is 48.4 Å². The van der Waals surface area contributed by atoms with E-state index < -0.39 is 11.7 Å². The Bertz CT molecular complexity index is 363. The molecule has 0 radical (unpaired) electrons. The molecular formula is C15H28N2O4. The SMILES string of the molecule is CC(C)COC(=O)N[C@H]1CCCN(C(=O)OC(C)(C)C)C1. The Balaban J connectivity index is 2.41. The van der Waals surface area contributed by atoms with E-state index >= 15 is 0 Å². The molecule has 0 aromatic carbocycles. The Labute approximate surface area is 127 Å². The van der Waals surface area contributed by atoms with Gasteiger partial charge in [0.05, 0.1) is 6.61 Å². The normalized spacial score (nSPS) is 19.3. The molecule has 1 aliphatic heterocycles. The fourth-order valence-electron chi connectivity index (χ4n) is 2.04. The summed E-state index contributed by atoms with van der Waals surface area (Å²) in [5.74, 6) is 0.306. The van der Waals surface area contributed by atoms with Crippen molar-refractivity contribution in [2.75, 3.05) is 19.7 Å². The predicted octanol–water partition coefficient (Wildman–Crippen LogP) is 2.77. The van der Waals surface area contributed by atoms with Gasteiger partial charge in [-0.3, -0.25) is 0 Å². The van der Waals surface area contributed by atoms with E-state index in [1.165, 1.54) is 0 Å². The number of likely N-dealkylation sites (tertiary alicyclic amines) is 1. The summed E-state index contributed by atoms with van der Waals surface area (Å²) in [6.07, 6.45) is 0.939. The van der Waals surface area contributed by atoms with E-state index in [0.29, 0.717) is 25.6 Å². The number of ether oxygens (including phenoxy) is 2. The quantitative estimate of drug-likeness (QED) is 0.870. The highest BCUT2D eigenvalue weighted by Gasteiger charge is 2.28. The van der Waals surface area contributed by atoms with Crippen molar-refractivity contribution in [1.82, 2.24) is 10.2 Å². The van der Waals surface area contributed by atoms with Gasteiger partial charge in [-0.25, -0.2) is 9.59 Å². The molecule has 6 heteroatoms. The van der Waals surface area contributed by atoms with Gasteiger partial charge in [-0.05, 0) is 39.5 Å². The van der Waals surface area contributed by atoms with Gasteiger partial charge in [0, 0.05) is 19.1 Å². The first-order valence-corrected chi connectivity index (χ1v) is 7.58. The van der Waals surface area contributed by atoms with Gasteiger partial charge in [0.1, 0.15) is 5.60 Å². The van der Waals surface area contributed by atoms with Crippen molar-refractivity contribution in [2.24, 2.45) is 5.92 Å². The number of piperidine rings is 1. The summed E-state index contributed by atoms with van der Waals surface area (Å²) < 4.78 is 10.5. The average molecular weight is 300 g/mol. The molecule has 0 aromatic heterocycles. The van der Waals surface area contributed by atoms with Gasteiger partial charge in [-0.1, -0.05) is 13.8 Å². The summed E-state index contributed by atoms with van der Waals surface area (Å²) in [4.78, 5) is 25.3. The predicted molar refractivity (Wildman–Crippen MR) is 80.2 cm³/mol. The number of hydrogen-bond donors (Lipinski definition) is 1. The lowest BCUT2D eigenvalue weighted by Gasteiger charge is -2.34. The molecule has 0 unspecified atom stereocenters. The topological polar surface area (TPSA) is 67.9 Å². The monoisotopic (exact) mass is 300 g/mol. The van der Waals surface area contributed by atoms with Crippen LogP contribution < -0.4 is 5.32 Å². The fourth-order valence-corrected chi connectivity index (χ4v) is 2.04. The lowest BCUT2D eigenvalue weighted by molar-refractivity contribution is 0.0184. The van der Waals surface area contributed by atoms with Crippen LogP contribution in [0.15, 0.2) is 0 Å². The number of rotatable bonds is 3. The van der Waals surface area contributed by atoms with E-state index in [0.717, 1.165) is 12.8 Å². The minimum absolute atomic E-state index is 0.0778. The third-order valence-electron chi connectivity index (χ3n) is 2.94. The van der Waals surface area contributed by atoms with Gasteiger partial charge < -0.3 is 19.7 Å². The molecule has 0 aromatic rings. The molecule has 1 heterocycles. The molecule has 0 saturated carbocycles. The highest BCUT2D eigenvalue weighted by molar-refractivity contribution is 5.69. The van der Waals surface area contributed by atoms with Crippen LogP contribution in [0.25, 0.3) is 0 Å². The molecule has 0 aliphatic carbocycles. The van der Waals surface area contributed by atoms with Gasteiger partial charge in [0.2, 0.25) is 0 Å². The van der Waals surface area contributed by atoms with Crippen molar-refractivity contribution in [3.63, 3.8) is 0 Å². The van der Waals surface area contributed by atoms with Crippen molar-refractivity contribution in [3.8, 4) is 0 Å². The van der Waals surface area contributed by atoms with E-state index in [4.69, 9.17) is 9.47 Å². The molecule has 2 amide bonds. The molecule has 1 N–H and O–H groups in total. The van der Waals surface area contributed by atoms with E-state index in [9.17, 15) is 9.59 Å². The minimum Gasteiger partial charge on any atom is -0.449 e. The summed E-state index contributed by atoms with van der Waals surface area (Å²) in [5.41, 5.74) is -0.506. The van der Waals surface area contributed by atoms with E-state index in [1.807, 2.05) is 34.6 Å². The lowest BCUT2D eigenvalue weighted by atomic mass is 10.1. The number of hydrogen-bond acceptors (Lipinski definition) is 4. The molecule has 1 aliphatic rings. The van der Waals surface area contributed by atoms with Gasteiger partial charge in [-0.15, -0.1) is 0 Å². The Kier molecular flexibility index (Phi) is 6.30. The van der Waals surface area contributed by atoms with Crippen molar-refractivity contribution >= 4 is 12.2 Å². The maximum atomic E-state index is 12.0. The molecule has 6 nitrogen and oxygen atoms in total. The van der Waals surface area contributed by atoms with Gasteiger partial charge in [0.15, 0.2) is 0 Å². The van der Waals surface area contributed by atoms with Crippen LogP contribution in [-0.2, 0) is 9.47 Å². The second kappa shape index (κ2) is 7.52. The van der Waals surface area contributed by atoms with Crippen molar-refractivity contribution in [1.29, 1.82) is 0 Å². The first kappa shape index (κ1) is 17.6. The zero-order valence-corrected chi connectivity index (χ0v) is 13.8. The average Bonchev–Trinajstić information content (AvgIpc) is 2.34. The maximum absolute atomic E-state index is 12.0. The third kappa shape index (κ3) is 7.20. The van der Waals surface area contributed by atoms with Crippen LogP contribution >= 0.6 is 0 Å².